The fraction of sp³-hybridized carbons (Fsp3) is 0.250. The zero-order valence-electron chi connectivity index (χ0n) is 8.96. The molecule has 17 heavy (non-hydrogen) atoms. The van der Waals surface area contributed by atoms with Crippen molar-refractivity contribution in [1.29, 1.82) is 0 Å². The third-order valence-corrected chi connectivity index (χ3v) is 3.74. The van der Waals surface area contributed by atoms with Crippen LogP contribution in [0.1, 0.15) is 15.2 Å². The number of thiophene rings is 1. The molecule has 0 aliphatic carbocycles. The Morgan fingerprint density at radius 2 is 2.06 bits per heavy atom. The Kier molecular flexibility index (Phi) is 3.42. The molecule has 2 rings (SSSR count). The maximum atomic E-state index is 11.1. The van der Waals surface area contributed by atoms with Gasteiger partial charge in [-0.3, -0.25) is 0 Å². The van der Waals surface area contributed by atoms with Gasteiger partial charge >= 0.3 is 5.97 Å². The smallest absolute Gasteiger partial charge is 0.346 e. The first kappa shape index (κ1) is 12.0. The molecule has 3 N–H and O–H groups in total. The normalized spacial score (nSPS) is 12.8. The van der Waals surface area contributed by atoms with Crippen LogP contribution >= 0.6 is 11.3 Å². The third-order valence-electron chi connectivity index (χ3n) is 2.54. The van der Waals surface area contributed by atoms with Crippen LogP contribution in [-0.2, 0) is 6.42 Å². The fourth-order valence-electron chi connectivity index (χ4n) is 1.77. The molecule has 1 aromatic heterocycles. The third kappa shape index (κ3) is 2.31. The van der Waals surface area contributed by atoms with Gasteiger partial charge in [-0.05, 0) is 17.0 Å². The molecule has 0 aliphatic rings. The standard InChI is InChI=1S/C12H12O4S/c13-6-7(14)5-9-8-3-1-2-4-10(8)17-11(9)12(15)16/h1-4,7,13-14H,5-6H2,(H,15,16). The second-order valence-corrected chi connectivity index (χ2v) is 4.80. The Morgan fingerprint density at radius 1 is 1.35 bits per heavy atom. The number of aliphatic hydroxyl groups is 2. The van der Waals surface area contributed by atoms with Crippen LogP contribution in [0.2, 0.25) is 0 Å². The van der Waals surface area contributed by atoms with E-state index >= 15 is 0 Å². The van der Waals surface area contributed by atoms with Crippen molar-refractivity contribution >= 4 is 27.4 Å². The van der Waals surface area contributed by atoms with Gasteiger partial charge in [0.25, 0.3) is 0 Å². The van der Waals surface area contributed by atoms with Gasteiger partial charge < -0.3 is 15.3 Å². The summed E-state index contributed by atoms with van der Waals surface area (Å²) >= 11 is 1.19. The molecule has 0 radical (unpaired) electrons. The van der Waals surface area contributed by atoms with Gasteiger partial charge in [-0.15, -0.1) is 11.3 Å². The highest BCUT2D eigenvalue weighted by molar-refractivity contribution is 7.21. The second kappa shape index (κ2) is 4.83. The van der Waals surface area contributed by atoms with Gasteiger partial charge in [0.1, 0.15) is 4.88 Å². The number of hydrogen-bond donors (Lipinski definition) is 3. The van der Waals surface area contributed by atoms with Crippen LogP contribution < -0.4 is 0 Å². The van der Waals surface area contributed by atoms with Crippen molar-refractivity contribution in [2.45, 2.75) is 12.5 Å². The number of hydrogen-bond acceptors (Lipinski definition) is 4. The lowest BCUT2D eigenvalue weighted by Crippen LogP contribution is -2.16. The number of aliphatic hydroxyl groups excluding tert-OH is 2. The zero-order valence-corrected chi connectivity index (χ0v) is 9.78. The van der Waals surface area contributed by atoms with Crippen LogP contribution in [0.4, 0.5) is 0 Å². The molecule has 90 valence electrons. The van der Waals surface area contributed by atoms with Crippen molar-refractivity contribution in [2.75, 3.05) is 6.61 Å². The lowest BCUT2D eigenvalue weighted by atomic mass is 10.0. The lowest BCUT2D eigenvalue weighted by molar-refractivity contribution is 0.0697. The van der Waals surface area contributed by atoms with E-state index in [0.717, 1.165) is 10.1 Å². The number of aromatic carboxylic acids is 1. The summed E-state index contributed by atoms with van der Waals surface area (Å²) < 4.78 is 0.880. The van der Waals surface area contributed by atoms with Gasteiger partial charge in [0, 0.05) is 11.1 Å². The predicted octanol–water partition coefficient (Wildman–Crippen LogP) is 1.50. The van der Waals surface area contributed by atoms with E-state index in [1.54, 1.807) is 0 Å². The van der Waals surface area contributed by atoms with E-state index in [9.17, 15) is 9.90 Å². The average molecular weight is 252 g/mol. The summed E-state index contributed by atoms with van der Waals surface area (Å²) in [5, 5.41) is 28.3. The van der Waals surface area contributed by atoms with Gasteiger partial charge in [0.05, 0.1) is 12.7 Å². The second-order valence-electron chi connectivity index (χ2n) is 3.75. The molecular weight excluding hydrogens is 240 g/mol. The van der Waals surface area contributed by atoms with Crippen molar-refractivity contribution in [1.82, 2.24) is 0 Å². The van der Waals surface area contributed by atoms with Crippen molar-refractivity contribution in [3.8, 4) is 0 Å². The number of rotatable bonds is 4. The fourth-order valence-corrected chi connectivity index (χ4v) is 2.85. The molecule has 0 fully saturated rings. The Balaban J connectivity index is 2.55. The molecule has 1 heterocycles. The lowest BCUT2D eigenvalue weighted by Gasteiger charge is -2.07. The van der Waals surface area contributed by atoms with Crippen molar-refractivity contribution in [3.63, 3.8) is 0 Å². The Bertz CT molecular complexity index is 546. The van der Waals surface area contributed by atoms with E-state index in [4.69, 9.17) is 10.2 Å². The van der Waals surface area contributed by atoms with Gasteiger partial charge in [-0.1, -0.05) is 18.2 Å². The molecule has 4 nitrogen and oxygen atoms in total. The maximum absolute atomic E-state index is 11.1. The predicted molar refractivity (Wildman–Crippen MR) is 65.6 cm³/mol. The molecule has 5 heteroatoms. The topological polar surface area (TPSA) is 77.8 Å². The highest BCUT2D eigenvalue weighted by atomic mass is 32.1. The number of carboxylic acid groups (broad SMARTS) is 1. The molecule has 2 aromatic rings. The average Bonchev–Trinajstić information content (AvgIpc) is 2.68. The summed E-state index contributed by atoms with van der Waals surface area (Å²) in [6.45, 7) is -0.372. The van der Waals surface area contributed by atoms with E-state index < -0.39 is 12.1 Å². The largest absolute Gasteiger partial charge is 0.477 e. The Hall–Kier alpha value is -1.43. The molecule has 0 aliphatic heterocycles. The van der Waals surface area contributed by atoms with Gasteiger partial charge in [-0.25, -0.2) is 4.79 Å². The SMILES string of the molecule is O=C(O)c1sc2ccccc2c1CC(O)CO. The van der Waals surface area contributed by atoms with Crippen molar-refractivity contribution < 1.29 is 20.1 Å². The van der Waals surface area contributed by atoms with Crippen molar-refractivity contribution in [2.24, 2.45) is 0 Å². The van der Waals surface area contributed by atoms with Crippen molar-refractivity contribution in [3.05, 3.63) is 34.7 Å². The molecule has 1 aromatic carbocycles. The van der Waals surface area contributed by atoms with Crippen LogP contribution in [-0.4, -0.2) is 34.0 Å². The van der Waals surface area contributed by atoms with Gasteiger partial charge in [0.15, 0.2) is 0 Å². The first-order chi connectivity index (χ1) is 8.13. The number of carboxylic acids is 1. The highest BCUT2D eigenvalue weighted by Crippen LogP contribution is 2.32. The summed E-state index contributed by atoms with van der Waals surface area (Å²) in [5.74, 6) is -0.994. The van der Waals surface area contributed by atoms with Crippen LogP contribution in [0.3, 0.4) is 0 Å². The quantitative estimate of drug-likeness (QED) is 0.770. The molecule has 1 atom stereocenters. The van der Waals surface area contributed by atoms with Crippen LogP contribution in [0, 0.1) is 0 Å². The van der Waals surface area contributed by atoms with Gasteiger partial charge in [-0.2, -0.15) is 0 Å². The van der Waals surface area contributed by atoms with E-state index in [-0.39, 0.29) is 17.9 Å². The molecule has 0 amide bonds. The summed E-state index contributed by atoms with van der Waals surface area (Å²) in [4.78, 5) is 11.4. The maximum Gasteiger partial charge on any atom is 0.346 e. The molecule has 0 saturated carbocycles. The van der Waals surface area contributed by atoms with Crippen LogP contribution in [0.25, 0.3) is 10.1 Å². The molecule has 0 spiro atoms. The first-order valence-corrected chi connectivity index (χ1v) is 5.97. The van der Waals surface area contributed by atoms with Crippen LogP contribution in [0.15, 0.2) is 24.3 Å². The summed E-state index contributed by atoms with van der Waals surface area (Å²) in [5.41, 5.74) is 0.597. The summed E-state index contributed by atoms with van der Waals surface area (Å²) in [6, 6.07) is 7.35. The zero-order chi connectivity index (χ0) is 12.4. The van der Waals surface area contributed by atoms with E-state index in [1.807, 2.05) is 24.3 Å². The van der Waals surface area contributed by atoms with Gasteiger partial charge in [0.2, 0.25) is 0 Å². The molecule has 0 saturated heterocycles. The summed E-state index contributed by atoms with van der Waals surface area (Å²) in [7, 11) is 0. The van der Waals surface area contributed by atoms with E-state index in [1.165, 1.54) is 11.3 Å². The van der Waals surface area contributed by atoms with E-state index in [0.29, 0.717) is 5.56 Å². The monoisotopic (exact) mass is 252 g/mol. The molecule has 1 unspecified atom stereocenters. The minimum atomic E-state index is -0.994. The highest BCUT2D eigenvalue weighted by Gasteiger charge is 2.19. The number of fused-ring (bicyclic) bond motifs is 1. The molecule has 0 bridgehead atoms. The Morgan fingerprint density at radius 3 is 2.71 bits per heavy atom. The molecular formula is C12H12O4S. The minimum Gasteiger partial charge on any atom is -0.477 e. The Labute approximate surface area is 102 Å². The summed E-state index contributed by atoms with van der Waals surface area (Å²) in [6.07, 6.45) is -0.770. The van der Waals surface area contributed by atoms with E-state index in [2.05, 4.69) is 0 Å². The number of benzene rings is 1. The number of carbonyl (C=O) groups is 1. The van der Waals surface area contributed by atoms with Crippen LogP contribution in [0.5, 0.6) is 0 Å². The first-order valence-electron chi connectivity index (χ1n) is 5.16. The minimum absolute atomic E-state index is 0.155.